The Bertz CT molecular complexity index is 2770. The van der Waals surface area contributed by atoms with Gasteiger partial charge in [-0.1, -0.05) is 230 Å². The summed E-state index contributed by atoms with van der Waals surface area (Å²) in [5.74, 6) is 0.928. The molecule has 7 unspecified atom stereocenters. The maximum Gasteiger partial charge on any atom is 0.309 e. The average Bonchev–Trinajstić information content (AvgIpc) is 0.804. The lowest BCUT2D eigenvalue weighted by atomic mass is 9.98. The molecule has 1 fully saturated rings. The SMILES string of the molecule is CCCCCCCCSCC(C)C(=O)OCCOC(=O)CCN(CCCCC1NC(=O)C(CCCCN(CCC(=O)OCCOC(=O)C(C)CSCCCCCCCC)CCC(=O)OCCOC(=O)C(C)CSCCCCCCCC)N(CCC(=O)OCCOC(=O)C(C)CSCCCCCCCC)C1=O)CCC(=O)OCCOC(=O)C(C)CSCCCCCCCC. The monoisotopic (exact) mass is 1910 g/mol. The first-order valence-corrected chi connectivity index (χ1v) is 55.3. The van der Waals surface area contributed by atoms with Gasteiger partial charge < -0.3 is 67.4 Å². The van der Waals surface area contributed by atoms with E-state index in [0.717, 1.165) is 67.3 Å². The quantitative estimate of drug-likeness (QED) is 0.0336. The van der Waals surface area contributed by atoms with Gasteiger partial charge >= 0.3 is 59.7 Å². The molecule has 1 N–H and O–H groups in total. The van der Waals surface area contributed by atoms with Crippen LogP contribution in [0.2, 0.25) is 0 Å². The van der Waals surface area contributed by atoms with Gasteiger partial charge in [0.05, 0.1) is 61.7 Å². The number of carbonyl (C=O) groups is 12. The zero-order chi connectivity index (χ0) is 94.1. The first-order chi connectivity index (χ1) is 62.0. The van der Waals surface area contributed by atoms with E-state index < -0.39 is 59.7 Å². The van der Waals surface area contributed by atoms with E-state index in [9.17, 15) is 57.5 Å². The summed E-state index contributed by atoms with van der Waals surface area (Å²) in [5, 5.41) is 2.96. The van der Waals surface area contributed by atoms with Crippen LogP contribution in [-0.2, 0) is 105 Å². The smallest absolute Gasteiger partial charge is 0.309 e. The molecule has 0 aliphatic carbocycles. The minimum atomic E-state index is -0.998. The van der Waals surface area contributed by atoms with Crippen LogP contribution >= 0.6 is 58.8 Å². The molecule has 7 atom stereocenters. The fourth-order valence-electron chi connectivity index (χ4n) is 13.9. The van der Waals surface area contributed by atoms with E-state index in [0.29, 0.717) is 67.5 Å². The zero-order valence-corrected chi connectivity index (χ0v) is 85.1. The van der Waals surface area contributed by atoms with Gasteiger partial charge in [-0.05, 0) is 112 Å². The minimum Gasteiger partial charge on any atom is -0.462 e. The van der Waals surface area contributed by atoms with E-state index >= 15 is 0 Å². The normalized spacial score (nSPS) is 14.5. The van der Waals surface area contributed by atoms with E-state index in [-0.39, 0.29) is 197 Å². The Balaban J connectivity index is 3.32. The molecule has 0 aromatic rings. The summed E-state index contributed by atoms with van der Waals surface area (Å²) in [6.07, 6.45) is 37.5. The van der Waals surface area contributed by atoms with Crippen LogP contribution in [0.1, 0.15) is 332 Å². The molecule has 0 bridgehead atoms. The number of carbonyl (C=O) groups excluding carboxylic acids is 12. The van der Waals surface area contributed by atoms with Crippen molar-refractivity contribution in [1.29, 1.82) is 0 Å². The molecule has 1 saturated heterocycles. The van der Waals surface area contributed by atoms with Gasteiger partial charge in [0.15, 0.2) is 0 Å². The first-order valence-electron chi connectivity index (χ1n) is 49.6. The zero-order valence-electron chi connectivity index (χ0n) is 81.0. The molecule has 0 aromatic carbocycles. The summed E-state index contributed by atoms with van der Waals surface area (Å²) in [6.45, 7) is 20.1. The second kappa shape index (κ2) is 85.2. The van der Waals surface area contributed by atoms with E-state index in [1.54, 1.807) is 58.8 Å². The number of rotatable bonds is 90. The topological polar surface area (TPSA) is 319 Å². The summed E-state index contributed by atoms with van der Waals surface area (Å²) >= 11 is 8.65. The third-order valence-corrected chi connectivity index (χ3v) is 28.7. The number of piperazine rings is 1. The number of thioether (sulfide) groups is 5. The van der Waals surface area contributed by atoms with Crippen molar-refractivity contribution in [3.63, 3.8) is 0 Å². The minimum absolute atomic E-state index is 0.0561. The van der Waals surface area contributed by atoms with E-state index in [4.69, 9.17) is 47.4 Å². The van der Waals surface area contributed by atoms with Crippen LogP contribution in [0.25, 0.3) is 0 Å². The van der Waals surface area contributed by atoms with Crippen LogP contribution in [0.4, 0.5) is 0 Å². The lowest BCUT2D eigenvalue weighted by Gasteiger charge is -2.39. The summed E-state index contributed by atoms with van der Waals surface area (Å²) in [6, 6.07) is -1.98. The van der Waals surface area contributed by atoms with Gasteiger partial charge in [0.2, 0.25) is 11.8 Å². The van der Waals surface area contributed by atoms with Gasteiger partial charge in [-0.3, -0.25) is 57.5 Å². The van der Waals surface area contributed by atoms with Gasteiger partial charge in [0.25, 0.3) is 0 Å². The molecular formula is C97H174N4O22S5. The summed E-state index contributed by atoms with van der Waals surface area (Å²) in [5.41, 5.74) is 0. The molecule has 128 heavy (non-hydrogen) atoms. The maximum atomic E-state index is 14.8. The number of nitrogens with one attached hydrogen (secondary N) is 1. The van der Waals surface area contributed by atoms with Crippen molar-refractivity contribution in [2.75, 3.05) is 169 Å². The van der Waals surface area contributed by atoms with E-state index in [1.165, 1.54) is 159 Å². The number of amides is 2. The summed E-state index contributed by atoms with van der Waals surface area (Å²) in [7, 11) is 0. The summed E-state index contributed by atoms with van der Waals surface area (Å²) in [4.78, 5) is 165. The van der Waals surface area contributed by atoms with Crippen molar-refractivity contribution in [3.8, 4) is 0 Å². The Morgan fingerprint density at radius 2 is 0.516 bits per heavy atom. The molecule has 1 aliphatic heterocycles. The van der Waals surface area contributed by atoms with Gasteiger partial charge in [0.1, 0.15) is 78.2 Å². The summed E-state index contributed by atoms with van der Waals surface area (Å²) < 4.78 is 54.8. The molecule has 744 valence electrons. The lowest BCUT2D eigenvalue weighted by Crippen LogP contribution is -2.63. The molecule has 0 aromatic heterocycles. The Labute approximate surface area is 793 Å². The molecule has 0 spiro atoms. The Hall–Kier alpha value is -4.69. The van der Waals surface area contributed by atoms with Crippen molar-refractivity contribution in [2.24, 2.45) is 29.6 Å². The number of hydrogen-bond donors (Lipinski definition) is 1. The Morgan fingerprint density at radius 1 is 0.289 bits per heavy atom. The van der Waals surface area contributed by atoms with Crippen molar-refractivity contribution in [3.05, 3.63) is 0 Å². The van der Waals surface area contributed by atoms with Crippen LogP contribution < -0.4 is 5.32 Å². The largest absolute Gasteiger partial charge is 0.462 e. The average molecular weight is 1910 g/mol. The number of ether oxygens (including phenoxy) is 10. The highest BCUT2D eigenvalue weighted by molar-refractivity contribution is 8.00. The van der Waals surface area contributed by atoms with Crippen molar-refractivity contribution in [1.82, 2.24) is 20.0 Å². The second-order valence-corrected chi connectivity index (χ2v) is 39.9. The molecule has 0 radical (unpaired) electrons. The molecule has 0 saturated carbocycles. The Morgan fingerprint density at radius 3 is 0.773 bits per heavy atom. The molecule has 1 rings (SSSR count). The Kier molecular flexibility index (Phi) is 80.8. The third-order valence-electron chi connectivity index (χ3n) is 22.1. The van der Waals surface area contributed by atoms with Crippen LogP contribution in [0.5, 0.6) is 0 Å². The highest BCUT2D eigenvalue weighted by Gasteiger charge is 2.40. The molecular weight excluding hydrogens is 1730 g/mol. The standard InChI is InChI=1S/C97H174N4O22S5/c1-11-16-21-26-31-40-69-124-74-79(6)93(109)119-64-59-114-86(102)47-54-99(55-48-87(103)115-60-65-120-94(110)80(7)75-125-70-41-32-27-22-17-12-2)52-38-36-45-84-92(108)101(58-51-90(106)118-63-68-123-97(113)83(10)78-128-73-44-35-30-25-20-15-5)85(91(107)98-84)46-37-39-53-100(56-49-88(104)116-61-66-121-95(111)81(8)76-126-71-42-33-28-23-18-13-3)57-50-89(105)117-62-67-122-96(112)82(9)77-127-72-43-34-29-24-19-14-4/h79-85H,11-78H2,1-10H3,(H,98,107). The molecule has 2 amide bonds. The van der Waals surface area contributed by atoms with Gasteiger partial charge in [-0.2, -0.15) is 58.8 Å². The van der Waals surface area contributed by atoms with Crippen LogP contribution in [0.15, 0.2) is 0 Å². The fraction of sp³-hybridized carbons (Fsp3) is 0.876. The predicted octanol–water partition coefficient (Wildman–Crippen LogP) is 18.7. The number of esters is 10. The number of unbranched alkanes of at least 4 members (excludes halogenated alkanes) is 27. The highest BCUT2D eigenvalue weighted by atomic mass is 32.2. The van der Waals surface area contributed by atoms with Crippen molar-refractivity contribution < 1.29 is 105 Å². The number of hydrogen-bond acceptors (Lipinski definition) is 29. The van der Waals surface area contributed by atoms with Crippen LogP contribution in [0.3, 0.4) is 0 Å². The molecule has 31 heteroatoms. The van der Waals surface area contributed by atoms with E-state index in [1.807, 2.05) is 44.4 Å². The van der Waals surface area contributed by atoms with Crippen molar-refractivity contribution >= 4 is 130 Å². The second-order valence-electron chi connectivity index (χ2n) is 34.2. The van der Waals surface area contributed by atoms with Gasteiger partial charge in [-0.15, -0.1) is 0 Å². The van der Waals surface area contributed by atoms with Gasteiger partial charge in [0, 0.05) is 61.5 Å². The first kappa shape index (κ1) is 121. The molecule has 26 nitrogen and oxygen atoms in total. The van der Waals surface area contributed by atoms with Crippen LogP contribution in [-0.4, -0.2) is 268 Å². The third kappa shape index (κ3) is 69.2. The molecule has 1 aliphatic rings. The maximum absolute atomic E-state index is 14.8. The van der Waals surface area contributed by atoms with Gasteiger partial charge in [-0.25, -0.2) is 0 Å². The highest BCUT2D eigenvalue weighted by Crippen LogP contribution is 2.24. The fourth-order valence-corrected chi connectivity index (χ4v) is 19.3. The predicted molar refractivity (Wildman–Crippen MR) is 520 cm³/mol. The lowest BCUT2D eigenvalue weighted by molar-refractivity contribution is -0.156. The van der Waals surface area contributed by atoms with Crippen LogP contribution in [0, 0.1) is 29.6 Å². The number of nitrogens with zero attached hydrogens (tertiary/aromatic N) is 3. The van der Waals surface area contributed by atoms with Crippen molar-refractivity contribution in [2.45, 2.75) is 345 Å². The molecule has 1 heterocycles. The van der Waals surface area contributed by atoms with E-state index in [2.05, 4.69) is 39.9 Å².